The molecule has 0 aliphatic carbocycles. The highest BCUT2D eigenvalue weighted by Crippen LogP contribution is 2.21. The van der Waals surface area contributed by atoms with Gasteiger partial charge in [-0.15, -0.1) is 0 Å². The van der Waals surface area contributed by atoms with E-state index in [0.29, 0.717) is 0 Å². The van der Waals surface area contributed by atoms with Gasteiger partial charge in [0.15, 0.2) is 0 Å². The fourth-order valence-electron chi connectivity index (χ4n) is 1.73. The van der Waals surface area contributed by atoms with E-state index in [1.54, 1.807) is 12.4 Å². The molecule has 4 heteroatoms. The number of aryl methyl sites for hydroxylation is 2. The Morgan fingerprint density at radius 2 is 2.06 bits per heavy atom. The van der Waals surface area contributed by atoms with E-state index in [2.05, 4.69) is 15.1 Å². The van der Waals surface area contributed by atoms with Gasteiger partial charge in [0.25, 0.3) is 0 Å². The largest absolute Gasteiger partial charge is 0.411 e. The molecular formula is C13H13N3O. The Bertz CT molecular complexity index is 564. The maximum atomic E-state index is 8.47. The van der Waals surface area contributed by atoms with Crippen LogP contribution in [0.15, 0.2) is 35.7 Å². The molecule has 0 bridgehead atoms. The summed E-state index contributed by atoms with van der Waals surface area (Å²) in [5.41, 5.74) is 4.74. The van der Waals surface area contributed by atoms with E-state index in [1.807, 2.05) is 32.0 Å². The van der Waals surface area contributed by atoms with Crippen LogP contribution in [0.2, 0.25) is 0 Å². The first kappa shape index (κ1) is 11.3. The van der Waals surface area contributed by atoms with Gasteiger partial charge in [0, 0.05) is 29.2 Å². The van der Waals surface area contributed by atoms with Crippen molar-refractivity contribution < 1.29 is 5.21 Å². The second-order valence-corrected chi connectivity index (χ2v) is 3.86. The maximum Gasteiger partial charge on any atom is 0.0749 e. The number of hydrogen-bond acceptors (Lipinski definition) is 4. The van der Waals surface area contributed by atoms with Gasteiger partial charge in [0.1, 0.15) is 0 Å². The summed E-state index contributed by atoms with van der Waals surface area (Å²) >= 11 is 0. The van der Waals surface area contributed by atoms with Gasteiger partial charge in [-0.05, 0) is 37.6 Å². The molecule has 0 saturated carbocycles. The fourth-order valence-corrected chi connectivity index (χ4v) is 1.73. The molecule has 86 valence electrons. The van der Waals surface area contributed by atoms with E-state index in [4.69, 9.17) is 5.21 Å². The molecule has 17 heavy (non-hydrogen) atoms. The summed E-state index contributed by atoms with van der Waals surface area (Å²) in [7, 11) is 0. The van der Waals surface area contributed by atoms with Crippen LogP contribution < -0.4 is 0 Å². The van der Waals surface area contributed by atoms with Crippen molar-refractivity contribution in [3.05, 3.63) is 47.4 Å². The Morgan fingerprint density at radius 3 is 2.71 bits per heavy atom. The van der Waals surface area contributed by atoms with Crippen molar-refractivity contribution >= 4 is 6.21 Å². The third-order valence-electron chi connectivity index (χ3n) is 2.48. The smallest absolute Gasteiger partial charge is 0.0749 e. The molecule has 0 fully saturated rings. The van der Waals surface area contributed by atoms with Crippen molar-refractivity contribution in [1.29, 1.82) is 0 Å². The third kappa shape index (κ3) is 2.47. The Kier molecular flexibility index (Phi) is 3.14. The first-order valence-electron chi connectivity index (χ1n) is 5.28. The van der Waals surface area contributed by atoms with Gasteiger partial charge in [-0.2, -0.15) is 0 Å². The topological polar surface area (TPSA) is 58.4 Å². The molecule has 2 heterocycles. The minimum Gasteiger partial charge on any atom is -0.411 e. The van der Waals surface area contributed by atoms with Crippen LogP contribution in [-0.2, 0) is 0 Å². The predicted octanol–water partition coefficient (Wildman–Crippen LogP) is 2.57. The molecule has 2 rings (SSSR count). The van der Waals surface area contributed by atoms with E-state index in [0.717, 1.165) is 28.1 Å². The highest BCUT2D eigenvalue weighted by atomic mass is 16.4. The minimum absolute atomic E-state index is 0.777. The van der Waals surface area contributed by atoms with E-state index in [9.17, 15) is 0 Å². The zero-order valence-electron chi connectivity index (χ0n) is 9.75. The molecule has 0 aliphatic heterocycles. The van der Waals surface area contributed by atoms with Crippen LogP contribution in [0.1, 0.15) is 16.8 Å². The van der Waals surface area contributed by atoms with Gasteiger partial charge in [0.2, 0.25) is 0 Å². The molecule has 2 aromatic heterocycles. The lowest BCUT2D eigenvalue weighted by atomic mass is 10.1. The minimum atomic E-state index is 0.777. The van der Waals surface area contributed by atoms with E-state index >= 15 is 0 Å². The SMILES string of the molecule is Cc1cc(-c2ncc(/C=N\O)cc2C)ccn1. The molecule has 4 nitrogen and oxygen atoms in total. The highest BCUT2D eigenvalue weighted by Gasteiger charge is 2.04. The van der Waals surface area contributed by atoms with E-state index in [1.165, 1.54) is 6.21 Å². The Labute approximate surface area is 99.7 Å². The van der Waals surface area contributed by atoms with Crippen molar-refractivity contribution in [3.8, 4) is 11.3 Å². The van der Waals surface area contributed by atoms with Gasteiger partial charge in [-0.1, -0.05) is 5.16 Å². The maximum absolute atomic E-state index is 8.47. The molecule has 1 N–H and O–H groups in total. The average Bonchev–Trinajstić information content (AvgIpc) is 2.29. The van der Waals surface area contributed by atoms with Crippen LogP contribution in [-0.4, -0.2) is 21.4 Å². The molecule has 0 radical (unpaired) electrons. The van der Waals surface area contributed by atoms with Crippen molar-refractivity contribution in [1.82, 2.24) is 9.97 Å². The van der Waals surface area contributed by atoms with Crippen LogP contribution in [0, 0.1) is 13.8 Å². The quantitative estimate of drug-likeness (QED) is 0.487. The first-order chi connectivity index (χ1) is 8.20. The summed E-state index contributed by atoms with van der Waals surface area (Å²) in [6.07, 6.45) is 4.81. The summed E-state index contributed by atoms with van der Waals surface area (Å²) in [5, 5.41) is 11.5. The number of oxime groups is 1. The monoisotopic (exact) mass is 227 g/mol. The lowest BCUT2D eigenvalue weighted by Crippen LogP contribution is -1.93. The third-order valence-corrected chi connectivity index (χ3v) is 2.48. The Morgan fingerprint density at radius 1 is 1.24 bits per heavy atom. The van der Waals surface area contributed by atoms with Crippen LogP contribution in [0.4, 0.5) is 0 Å². The average molecular weight is 227 g/mol. The van der Waals surface area contributed by atoms with Gasteiger partial charge < -0.3 is 5.21 Å². The van der Waals surface area contributed by atoms with Crippen molar-refractivity contribution in [2.75, 3.05) is 0 Å². The molecular weight excluding hydrogens is 214 g/mol. The number of aromatic nitrogens is 2. The van der Waals surface area contributed by atoms with Crippen molar-refractivity contribution in [3.63, 3.8) is 0 Å². The van der Waals surface area contributed by atoms with Gasteiger partial charge >= 0.3 is 0 Å². The van der Waals surface area contributed by atoms with Crippen molar-refractivity contribution in [2.24, 2.45) is 5.16 Å². The zero-order valence-corrected chi connectivity index (χ0v) is 9.75. The Balaban J connectivity index is 2.46. The Hall–Kier alpha value is -2.23. The summed E-state index contributed by atoms with van der Waals surface area (Å²) in [6.45, 7) is 3.93. The summed E-state index contributed by atoms with van der Waals surface area (Å²) in [4.78, 5) is 8.54. The van der Waals surface area contributed by atoms with Gasteiger partial charge in [0.05, 0.1) is 11.9 Å². The molecule has 0 amide bonds. The number of hydrogen-bond donors (Lipinski definition) is 1. The molecule has 2 aromatic rings. The number of rotatable bonds is 2. The summed E-state index contributed by atoms with van der Waals surface area (Å²) in [5.74, 6) is 0. The predicted molar refractivity (Wildman–Crippen MR) is 66.3 cm³/mol. The van der Waals surface area contributed by atoms with Crippen molar-refractivity contribution in [2.45, 2.75) is 13.8 Å². The molecule has 0 aliphatic rings. The standard InChI is InChI=1S/C13H13N3O/c1-9-5-11(8-16-17)7-15-13(9)12-3-4-14-10(2)6-12/h3-8,17H,1-2H3/b16-8-. The summed E-state index contributed by atoms with van der Waals surface area (Å²) in [6, 6.07) is 5.86. The molecule has 0 aromatic carbocycles. The molecule has 0 spiro atoms. The van der Waals surface area contributed by atoms with Crippen LogP contribution >= 0.6 is 0 Å². The summed E-state index contributed by atoms with van der Waals surface area (Å²) < 4.78 is 0. The first-order valence-corrected chi connectivity index (χ1v) is 5.28. The van der Waals surface area contributed by atoms with Gasteiger partial charge in [-0.25, -0.2) is 0 Å². The number of nitrogens with zero attached hydrogens (tertiary/aromatic N) is 3. The van der Waals surface area contributed by atoms with E-state index < -0.39 is 0 Å². The fraction of sp³-hybridized carbons (Fsp3) is 0.154. The normalized spacial score (nSPS) is 10.9. The van der Waals surface area contributed by atoms with Crippen LogP contribution in [0.5, 0.6) is 0 Å². The molecule has 0 saturated heterocycles. The lowest BCUT2D eigenvalue weighted by Gasteiger charge is -2.06. The molecule has 0 atom stereocenters. The van der Waals surface area contributed by atoms with Gasteiger partial charge in [-0.3, -0.25) is 9.97 Å². The second kappa shape index (κ2) is 4.74. The van der Waals surface area contributed by atoms with Crippen LogP contribution in [0.25, 0.3) is 11.3 Å². The number of pyridine rings is 2. The van der Waals surface area contributed by atoms with Crippen LogP contribution in [0.3, 0.4) is 0 Å². The zero-order chi connectivity index (χ0) is 12.3. The molecule has 0 unspecified atom stereocenters. The van der Waals surface area contributed by atoms with E-state index in [-0.39, 0.29) is 0 Å². The second-order valence-electron chi connectivity index (χ2n) is 3.86. The highest BCUT2D eigenvalue weighted by molar-refractivity contribution is 5.80. The lowest BCUT2D eigenvalue weighted by molar-refractivity contribution is 0.322.